The van der Waals surface area contributed by atoms with Crippen LogP contribution >= 0.6 is 11.6 Å². The van der Waals surface area contributed by atoms with Crippen LogP contribution in [0.3, 0.4) is 0 Å². The molecule has 1 aromatic rings. The van der Waals surface area contributed by atoms with E-state index in [1.807, 2.05) is 12.1 Å². The highest BCUT2D eigenvalue weighted by Crippen LogP contribution is 2.33. The Morgan fingerprint density at radius 1 is 1.35 bits per heavy atom. The summed E-state index contributed by atoms with van der Waals surface area (Å²) in [6, 6.07) is 10.9. The minimum atomic E-state index is 0.478. The molecule has 1 N–H and O–H groups in total. The van der Waals surface area contributed by atoms with Crippen LogP contribution in [0.5, 0.6) is 0 Å². The summed E-state index contributed by atoms with van der Waals surface area (Å²) >= 11 is 6.25. The summed E-state index contributed by atoms with van der Waals surface area (Å²) in [6.07, 6.45) is 5.11. The van der Waals surface area contributed by atoms with Gasteiger partial charge in [0.05, 0.1) is 0 Å². The van der Waals surface area contributed by atoms with Crippen molar-refractivity contribution in [2.45, 2.75) is 63.7 Å². The van der Waals surface area contributed by atoms with Gasteiger partial charge in [0.15, 0.2) is 0 Å². The Morgan fingerprint density at radius 2 is 2.10 bits per heavy atom. The number of rotatable bonds is 5. The molecule has 3 rings (SSSR count). The van der Waals surface area contributed by atoms with Crippen molar-refractivity contribution in [2.24, 2.45) is 0 Å². The minimum absolute atomic E-state index is 0.478. The second kappa shape index (κ2) is 6.05. The van der Waals surface area contributed by atoms with E-state index in [2.05, 4.69) is 36.2 Å². The van der Waals surface area contributed by atoms with Gasteiger partial charge in [-0.05, 0) is 51.2 Å². The number of hydrogen-bond acceptors (Lipinski definition) is 2. The first-order valence-corrected chi connectivity index (χ1v) is 8.26. The topological polar surface area (TPSA) is 15.3 Å². The molecule has 0 aromatic heterocycles. The van der Waals surface area contributed by atoms with Crippen LogP contribution in [0, 0.1) is 0 Å². The first-order chi connectivity index (χ1) is 9.63. The van der Waals surface area contributed by atoms with Gasteiger partial charge >= 0.3 is 0 Å². The van der Waals surface area contributed by atoms with Gasteiger partial charge in [0.1, 0.15) is 0 Å². The molecule has 1 saturated heterocycles. The smallest absolute Gasteiger partial charge is 0.0438 e. The second-order valence-corrected chi connectivity index (χ2v) is 6.98. The van der Waals surface area contributed by atoms with E-state index < -0.39 is 0 Å². The Balaban J connectivity index is 1.52. The predicted molar refractivity (Wildman–Crippen MR) is 85.3 cm³/mol. The zero-order chi connectivity index (χ0) is 14.1. The van der Waals surface area contributed by atoms with Crippen LogP contribution in [-0.2, 0) is 6.42 Å². The van der Waals surface area contributed by atoms with Crippen LogP contribution in [0.1, 0.15) is 38.7 Å². The molecule has 0 spiro atoms. The van der Waals surface area contributed by atoms with Crippen molar-refractivity contribution in [3.05, 3.63) is 34.9 Å². The van der Waals surface area contributed by atoms with Gasteiger partial charge in [-0.2, -0.15) is 0 Å². The van der Waals surface area contributed by atoms with Gasteiger partial charge in [0, 0.05) is 35.7 Å². The molecule has 1 heterocycles. The first kappa shape index (κ1) is 14.4. The third-order valence-corrected chi connectivity index (χ3v) is 5.01. The summed E-state index contributed by atoms with van der Waals surface area (Å²) in [5.74, 6) is 0. The van der Waals surface area contributed by atoms with E-state index in [1.54, 1.807) is 0 Å². The molecule has 1 aliphatic heterocycles. The van der Waals surface area contributed by atoms with E-state index in [0.29, 0.717) is 12.1 Å². The van der Waals surface area contributed by atoms with Crippen LogP contribution < -0.4 is 5.32 Å². The second-order valence-electron chi connectivity index (χ2n) is 6.57. The van der Waals surface area contributed by atoms with Gasteiger partial charge in [-0.15, -0.1) is 0 Å². The first-order valence-electron chi connectivity index (χ1n) is 7.88. The summed E-state index contributed by atoms with van der Waals surface area (Å²) in [4.78, 5) is 2.69. The number of benzene rings is 1. The molecule has 3 heteroatoms. The van der Waals surface area contributed by atoms with Crippen LogP contribution in [0.4, 0.5) is 0 Å². The highest BCUT2D eigenvalue weighted by molar-refractivity contribution is 6.31. The van der Waals surface area contributed by atoms with Gasteiger partial charge in [-0.25, -0.2) is 0 Å². The molecule has 0 radical (unpaired) electrons. The van der Waals surface area contributed by atoms with Gasteiger partial charge in [0.2, 0.25) is 0 Å². The molecule has 2 fully saturated rings. The molecule has 3 atom stereocenters. The van der Waals surface area contributed by atoms with Crippen LogP contribution in [0.25, 0.3) is 0 Å². The summed E-state index contributed by atoms with van der Waals surface area (Å²) in [5.41, 5.74) is 1.25. The van der Waals surface area contributed by atoms with Crippen LogP contribution in [-0.4, -0.2) is 35.6 Å². The van der Waals surface area contributed by atoms with E-state index in [0.717, 1.165) is 23.5 Å². The fourth-order valence-electron chi connectivity index (χ4n) is 3.55. The molecule has 0 bridgehead atoms. The Morgan fingerprint density at radius 3 is 2.80 bits per heavy atom. The number of likely N-dealkylation sites (tertiary alicyclic amines) is 1. The maximum atomic E-state index is 6.25. The normalized spacial score (nSPS) is 28.8. The molecular formula is C17H25ClN2. The van der Waals surface area contributed by atoms with E-state index in [9.17, 15) is 0 Å². The van der Waals surface area contributed by atoms with Crippen molar-refractivity contribution in [3.8, 4) is 0 Å². The average molecular weight is 293 g/mol. The molecule has 110 valence electrons. The molecule has 1 aliphatic carbocycles. The number of halogens is 1. The fraction of sp³-hybridized carbons (Fsp3) is 0.647. The Kier molecular flexibility index (Phi) is 4.34. The van der Waals surface area contributed by atoms with Gasteiger partial charge in [-0.3, -0.25) is 4.90 Å². The average Bonchev–Trinajstić information content (AvgIpc) is 3.17. The van der Waals surface area contributed by atoms with E-state index in [4.69, 9.17) is 11.6 Å². The predicted octanol–water partition coefficient (Wildman–Crippen LogP) is 3.49. The van der Waals surface area contributed by atoms with Gasteiger partial charge in [0.25, 0.3) is 0 Å². The van der Waals surface area contributed by atoms with Crippen molar-refractivity contribution in [2.75, 3.05) is 6.54 Å². The van der Waals surface area contributed by atoms with Crippen molar-refractivity contribution in [1.82, 2.24) is 10.2 Å². The van der Waals surface area contributed by atoms with Crippen molar-refractivity contribution in [1.29, 1.82) is 0 Å². The molecule has 20 heavy (non-hydrogen) atoms. The molecule has 1 saturated carbocycles. The Bertz CT molecular complexity index is 458. The van der Waals surface area contributed by atoms with Crippen molar-refractivity contribution >= 4 is 11.6 Å². The monoisotopic (exact) mass is 292 g/mol. The van der Waals surface area contributed by atoms with Crippen LogP contribution in [0.15, 0.2) is 24.3 Å². The third-order valence-electron chi connectivity index (χ3n) is 4.64. The van der Waals surface area contributed by atoms with E-state index >= 15 is 0 Å². The van der Waals surface area contributed by atoms with Crippen LogP contribution in [0.2, 0.25) is 5.02 Å². The largest absolute Gasteiger partial charge is 0.310 e. The zero-order valence-corrected chi connectivity index (χ0v) is 13.2. The highest BCUT2D eigenvalue weighted by Gasteiger charge is 2.38. The van der Waals surface area contributed by atoms with Gasteiger partial charge < -0.3 is 5.32 Å². The maximum Gasteiger partial charge on any atom is 0.0438 e. The standard InChI is InChI=1S/C17H25ClN2/c1-12(9-14-5-3-4-6-17(14)18)19-15-10-13(2)20(11-15)16-7-8-16/h3-6,12-13,15-16,19H,7-11H2,1-2H3. The molecular weight excluding hydrogens is 268 g/mol. The molecule has 0 amide bonds. The zero-order valence-electron chi connectivity index (χ0n) is 12.5. The molecule has 1 aromatic carbocycles. The SMILES string of the molecule is CC(Cc1ccccc1Cl)NC1CC(C)N(C2CC2)C1. The Hall–Kier alpha value is -0.570. The van der Waals surface area contributed by atoms with Gasteiger partial charge in [-0.1, -0.05) is 29.8 Å². The van der Waals surface area contributed by atoms with E-state index in [1.165, 1.54) is 31.4 Å². The number of nitrogens with zero attached hydrogens (tertiary/aromatic N) is 1. The summed E-state index contributed by atoms with van der Waals surface area (Å²) in [5, 5.41) is 4.69. The molecule has 3 unspecified atom stereocenters. The fourth-order valence-corrected chi connectivity index (χ4v) is 3.76. The Labute approximate surface area is 127 Å². The highest BCUT2D eigenvalue weighted by atomic mass is 35.5. The maximum absolute atomic E-state index is 6.25. The summed E-state index contributed by atoms with van der Waals surface area (Å²) in [7, 11) is 0. The minimum Gasteiger partial charge on any atom is -0.310 e. The number of hydrogen-bond donors (Lipinski definition) is 1. The lowest BCUT2D eigenvalue weighted by Crippen LogP contribution is -2.40. The summed E-state index contributed by atoms with van der Waals surface area (Å²) in [6.45, 7) is 5.87. The van der Waals surface area contributed by atoms with Crippen molar-refractivity contribution in [3.63, 3.8) is 0 Å². The van der Waals surface area contributed by atoms with Crippen molar-refractivity contribution < 1.29 is 0 Å². The number of nitrogens with one attached hydrogen (secondary N) is 1. The van der Waals surface area contributed by atoms with E-state index in [-0.39, 0.29) is 0 Å². The lowest BCUT2D eigenvalue weighted by molar-refractivity contribution is 0.254. The lowest BCUT2D eigenvalue weighted by atomic mass is 10.1. The summed E-state index contributed by atoms with van der Waals surface area (Å²) < 4.78 is 0. The third kappa shape index (κ3) is 3.36. The lowest BCUT2D eigenvalue weighted by Gasteiger charge is -2.21. The molecule has 2 nitrogen and oxygen atoms in total. The molecule has 2 aliphatic rings. The quantitative estimate of drug-likeness (QED) is 0.894.